The highest BCUT2D eigenvalue weighted by Crippen LogP contribution is 2.41. The number of aryl methyl sites for hydroxylation is 1. The number of rotatable bonds is 4. The molecule has 1 saturated carbocycles. The number of halogens is 1. The zero-order chi connectivity index (χ0) is 24.7. The van der Waals surface area contributed by atoms with Crippen molar-refractivity contribution >= 4 is 40.2 Å². The van der Waals surface area contributed by atoms with E-state index in [1.807, 2.05) is 13.0 Å². The Labute approximate surface area is 209 Å². The van der Waals surface area contributed by atoms with E-state index in [1.54, 1.807) is 24.2 Å². The second-order valence-corrected chi connectivity index (χ2v) is 10.1. The third-order valence-corrected chi connectivity index (χ3v) is 7.69. The minimum atomic E-state index is -0.356. The highest BCUT2D eigenvalue weighted by Gasteiger charge is 2.33. The number of nitrogens with zero attached hydrogens (tertiary/aromatic N) is 5. The van der Waals surface area contributed by atoms with Gasteiger partial charge in [-0.2, -0.15) is 0 Å². The number of methoxy groups -OCH3 is 1. The first-order valence-electron chi connectivity index (χ1n) is 12.2. The Morgan fingerprint density at radius 1 is 1.17 bits per heavy atom. The van der Waals surface area contributed by atoms with E-state index < -0.39 is 0 Å². The number of hydrogen-bond acceptors (Lipinski definition) is 6. The van der Waals surface area contributed by atoms with Crippen LogP contribution >= 0.6 is 11.6 Å². The maximum Gasteiger partial charge on any atom is 0.414 e. The summed E-state index contributed by atoms with van der Waals surface area (Å²) in [6.07, 6.45) is 8.80. The van der Waals surface area contributed by atoms with Gasteiger partial charge in [-0.05, 0) is 58.1 Å². The number of benzene rings is 1. The van der Waals surface area contributed by atoms with Crippen LogP contribution in [0.1, 0.15) is 69.1 Å². The van der Waals surface area contributed by atoms with Gasteiger partial charge in [-0.1, -0.05) is 18.0 Å². The molecular formula is C26H30ClN5O3. The molecule has 2 aliphatic rings. The van der Waals surface area contributed by atoms with Crippen LogP contribution < -0.4 is 4.90 Å². The fourth-order valence-electron chi connectivity index (χ4n) is 5.72. The molecule has 35 heavy (non-hydrogen) atoms. The zero-order valence-electron chi connectivity index (χ0n) is 20.3. The fraction of sp³-hybridized carbons (Fsp3) is 0.500. The van der Waals surface area contributed by atoms with Crippen molar-refractivity contribution in [3.63, 3.8) is 0 Å². The number of carbonyl (C=O) groups excluding carboxylic acids is 2. The average Bonchev–Trinajstić information content (AvgIpc) is 3.23. The average molecular weight is 496 g/mol. The van der Waals surface area contributed by atoms with Crippen molar-refractivity contribution in [2.24, 2.45) is 5.92 Å². The van der Waals surface area contributed by atoms with Crippen LogP contribution in [-0.2, 0) is 22.4 Å². The molecule has 2 aromatic heterocycles. The first kappa shape index (κ1) is 23.7. The molecule has 9 heteroatoms. The molecule has 1 amide bonds. The largest absolute Gasteiger partial charge is 0.452 e. The standard InChI is InChI=1S/C26H30ClN5O3/c1-15-7-8-20-21(31(15)26(34)35-3)9-10-22-25(20)30-24(12-18-13-29-23(27)14-28-18)32(22)19-6-4-5-17(11-19)16(2)33/h9-10,13-15,17,19H,4-8,11-12H2,1-3H3/t15-,17+,19+/m0/s1. The van der Waals surface area contributed by atoms with Crippen molar-refractivity contribution in [1.82, 2.24) is 19.5 Å². The van der Waals surface area contributed by atoms with Crippen molar-refractivity contribution in [2.45, 2.75) is 70.9 Å². The van der Waals surface area contributed by atoms with Gasteiger partial charge in [0.1, 0.15) is 16.8 Å². The summed E-state index contributed by atoms with van der Waals surface area (Å²) in [4.78, 5) is 40.3. The molecule has 5 rings (SSSR count). The van der Waals surface area contributed by atoms with E-state index in [4.69, 9.17) is 21.3 Å². The van der Waals surface area contributed by atoms with Gasteiger partial charge in [0.05, 0.1) is 41.9 Å². The molecule has 0 saturated heterocycles. The minimum Gasteiger partial charge on any atom is -0.452 e. The Hall–Kier alpha value is -3.00. The molecule has 0 radical (unpaired) electrons. The number of anilines is 1. The number of imidazole rings is 1. The van der Waals surface area contributed by atoms with E-state index in [1.165, 1.54) is 7.11 Å². The number of ketones is 1. The number of fused-ring (bicyclic) bond motifs is 3. The van der Waals surface area contributed by atoms with Gasteiger partial charge in [-0.3, -0.25) is 14.7 Å². The fourth-order valence-corrected chi connectivity index (χ4v) is 5.81. The maximum absolute atomic E-state index is 12.6. The number of hydrogen-bond donors (Lipinski definition) is 0. The van der Waals surface area contributed by atoms with Crippen LogP contribution in [0.4, 0.5) is 10.5 Å². The van der Waals surface area contributed by atoms with Crippen molar-refractivity contribution in [2.75, 3.05) is 12.0 Å². The summed E-state index contributed by atoms with van der Waals surface area (Å²) in [5, 5.41) is 0.352. The van der Waals surface area contributed by atoms with E-state index in [0.717, 1.165) is 72.3 Å². The van der Waals surface area contributed by atoms with Gasteiger partial charge in [0, 0.05) is 30.0 Å². The summed E-state index contributed by atoms with van der Waals surface area (Å²) in [5.41, 5.74) is 4.64. The van der Waals surface area contributed by atoms with Crippen LogP contribution in [-0.4, -0.2) is 44.5 Å². The Kier molecular flexibility index (Phi) is 6.49. The smallest absolute Gasteiger partial charge is 0.414 e. The minimum absolute atomic E-state index is 0.0490. The van der Waals surface area contributed by atoms with Crippen molar-refractivity contribution in [3.05, 3.63) is 46.8 Å². The lowest BCUT2D eigenvalue weighted by Gasteiger charge is -2.34. The molecule has 0 bridgehead atoms. The molecule has 0 N–H and O–H groups in total. The maximum atomic E-state index is 12.6. The predicted octanol–water partition coefficient (Wildman–Crippen LogP) is 5.30. The topological polar surface area (TPSA) is 90.2 Å². The second kappa shape index (κ2) is 9.57. The van der Waals surface area contributed by atoms with E-state index in [-0.39, 0.29) is 29.9 Å². The quantitative estimate of drug-likeness (QED) is 0.488. The van der Waals surface area contributed by atoms with Gasteiger partial charge in [0.25, 0.3) is 0 Å². The third kappa shape index (κ3) is 4.40. The molecule has 184 valence electrons. The summed E-state index contributed by atoms with van der Waals surface area (Å²) in [6.45, 7) is 3.74. The van der Waals surface area contributed by atoms with Gasteiger partial charge in [0.2, 0.25) is 0 Å². The number of aromatic nitrogens is 4. The lowest BCUT2D eigenvalue weighted by Crippen LogP contribution is -2.42. The van der Waals surface area contributed by atoms with Crippen LogP contribution in [0, 0.1) is 5.92 Å². The Bertz CT molecular complexity index is 1270. The van der Waals surface area contributed by atoms with Gasteiger partial charge in [-0.15, -0.1) is 0 Å². The van der Waals surface area contributed by atoms with Crippen molar-refractivity contribution in [3.8, 4) is 0 Å². The van der Waals surface area contributed by atoms with Crippen LogP contribution in [0.5, 0.6) is 0 Å². The van der Waals surface area contributed by atoms with E-state index in [9.17, 15) is 9.59 Å². The molecule has 1 fully saturated rings. The molecule has 1 aromatic carbocycles. The van der Waals surface area contributed by atoms with Gasteiger partial charge in [0.15, 0.2) is 0 Å². The van der Waals surface area contributed by atoms with E-state index in [0.29, 0.717) is 11.6 Å². The second-order valence-electron chi connectivity index (χ2n) is 9.69. The molecule has 0 spiro atoms. The molecule has 0 unspecified atom stereocenters. The SMILES string of the molecule is COC(=O)N1c2ccc3c(nc(Cc4cnc(Cl)cn4)n3[C@@H]3CCC[C@@H](C(C)=O)C3)c2CC[C@@H]1C. The third-order valence-electron chi connectivity index (χ3n) is 7.50. The van der Waals surface area contributed by atoms with Gasteiger partial charge in [-0.25, -0.2) is 14.8 Å². The monoisotopic (exact) mass is 495 g/mol. The van der Waals surface area contributed by atoms with Crippen LogP contribution in [0.15, 0.2) is 24.5 Å². The van der Waals surface area contributed by atoms with Gasteiger partial charge >= 0.3 is 6.09 Å². The number of amides is 1. The lowest BCUT2D eigenvalue weighted by molar-refractivity contribution is -0.122. The molecule has 3 atom stereocenters. The molecule has 8 nitrogen and oxygen atoms in total. The Balaban J connectivity index is 1.65. The Morgan fingerprint density at radius 2 is 2.00 bits per heavy atom. The normalized spacial score (nSPS) is 22.2. The highest BCUT2D eigenvalue weighted by molar-refractivity contribution is 6.29. The van der Waals surface area contributed by atoms with Crippen LogP contribution in [0.3, 0.4) is 0 Å². The van der Waals surface area contributed by atoms with Crippen molar-refractivity contribution < 1.29 is 14.3 Å². The van der Waals surface area contributed by atoms with E-state index in [2.05, 4.69) is 20.6 Å². The number of ether oxygens (including phenoxy) is 1. The number of carbonyl (C=O) groups is 2. The summed E-state index contributed by atoms with van der Waals surface area (Å²) >= 11 is 5.95. The molecule has 1 aliphatic heterocycles. The first-order chi connectivity index (χ1) is 16.9. The van der Waals surface area contributed by atoms with Crippen LogP contribution in [0.2, 0.25) is 5.15 Å². The van der Waals surface area contributed by atoms with E-state index >= 15 is 0 Å². The first-order valence-corrected chi connectivity index (χ1v) is 12.6. The highest BCUT2D eigenvalue weighted by atomic mass is 35.5. The zero-order valence-corrected chi connectivity index (χ0v) is 21.1. The number of Topliss-reactive ketones (excluding diaryl/α,β-unsaturated/α-hetero) is 1. The Morgan fingerprint density at radius 3 is 2.71 bits per heavy atom. The molecule has 3 heterocycles. The van der Waals surface area contributed by atoms with Crippen molar-refractivity contribution in [1.29, 1.82) is 0 Å². The lowest BCUT2D eigenvalue weighted by atomic mass is 9.83. The summed E-state index contributed by atoms with van der Waals surface area (Å²) in [6, 6.07) is 4.30. The molecule has 1 aliphatic carbocycles. The van der Waals surface area contributed by atoms with Crippen LogP contribution in [0.25, 0.3) is 11.0 Å². The summed E-state index contributed by atoms with van der Waals surface area (Å²) < 4.78 is 7.39. The van der Waals surface area contributed by atoms with Gasteiger partial charge < -0.3 is 9.30 Å². The molecule has 3 aromatic rings. The summed E-state index contributed by atoms with van der Waals surface area (Å²) in [7, 11) is 1.41. The summed E-state index contributed by atoms with van der Waals surface area (Å²) in [5.74, 6) is 1.22. The predicted molar refractivity (Wildman–Crippen MR) is 134 cm³/mol. The molecular weight excluding hydrogens is 466 g/mol.